The van der Waals surface area contributed by atoms with Crippen molar-refractivity contribution in [2.75, 3.05) is 4.72 Å². The van der Waals surface area contributed by atoms with Crippen LogP contribution in [0.15, 0.2) is 30.6 Å². The summed E-state index contributed by atoms with van der Waals surface area (Å²) in [5.41, 5.74) is 0.224. The highest BCUT2D eigenvalue weighted by Gasteiger charge is 2.48. The fourth-order valence-electron chi connectivity index (χ4n) is 1.53. The molecule has 102 valence electrons. The summed E-state index contributed by atoms with van der Waals surface area (Å²) in [6.45, 7) is 0. The molecule has 0 spiro atoms. The molecular formula is C10H10Cl2N4O2S. The number of nitrogens with one attached hydrogen (secondary N) is 2. The highest BCUT2D eigenvalue weighted by molar-refractivity contribution is 7.95. The molecule has 0 aliphatic heterocycles. The molecule has 1 aromatic heterocycles. The zero-order valence-corrected chi connectivity index (χ0v) is 11.9. The van der Waals surface area contributed by atoms with Gasteiger partial charge < -0.3 is 5.41 Å². The minimum Gasteiger partial charge on any atom is -0.305 e. The number of nitrogens with zero attached hydrogens (tertiary/aromatic N) is 2. The highest BCUT2D eigenvalue weighted by atomic mass is 35.5. The van der Waals surface area contributed by atoms with E-state index in [1.54, 1.807) is 6.07 Å². The van der Waals surface area contributed by atoms with E-state index in [0.717, 1.165) is 0 Å². The Labute approximate surface area is 120 Å². The molecule has 2 unspecified atom stereocenters. The first kappa shape index (κ1) is 14.2. The van der Waals surface area contributed by atoms with Crippen molar-refractivity contribution in [3.05, 3.63) is 30.6 Å². The summed E-state index contributed by atoms with van der Waals surface area (Å²) in [4.78, 5) is 7.52. The maximum absolute atomic E-state index is 12.3. The molecule has 1 heterocycles. The highest BCUT2D eigenvalue weighted by Crippen LogP contribution is 2.37. The van der Waals surface area contributed by atoms with E-state index in [9.17, 15) is 8.42 Å². The molecule has 6 nitrogen and oxygen atoms in total. The van der Waals surface area contributed by atoms with E-state index in [-0.39, 0.29) is 18.1 Å². The van der Waals surface area contributed by atoms with Crippen LogP contribution < -0.4 is 4.72 Å². The van der Waals surface area contributed by atoms with Gasteiger partial charge in [0.15, 0.2) is 4.21 Å². The van der Waals surface area contributed by atoms with E-state index in [4.69, 9.17) is 28.6 Å². The summed E-state index contributed by atoms with van der Waals surface area (Å²) < 4.78 is 24.9. The first-order valence-corrected chi connectivity index (χ1v) is 7.54. The predicted molar refractivity (Wildman–Crippen MR) is 74.3 cm³/mol. The van der Waals surface area contributed by atoms with E-state index in [0.29, 0.717) is 0 Å². The molecule has 0 saturated heterocycles. The molecule has 0 saturated carbocycles. The second kappa shape index (κ2) is 5.07. The molecule has 0 bridgehead atoms. The molecule has 1 aliphatic carbocycles. The molecule has 9 heteroatoms. The number of hydrogen-bond donors (Lipinski definition) is 2. The van der Waals surface area contributed by atoms with Crippen LogP contribution in [0.1, 0.15) is 6.42 Å². The number of hydrogen-bond acceptors (Lipinski definition) is 5. The van der Waals surface area contributed by atoms with E-state index in [1.165, 1.54) is 24.5 Å². The minimum atomic E-state index is -4.03. The molecule has 2 rings (SSSR count). The molecule has 0 aromatic carbocycles. The Morgan fingerprint density at radius 2 is 2.05 bits per heavy atom. The zero-order chi connectivity index (χ0) is 14.1. The predicted octanol–water partition coefficient (Wildman–Crippen LogP) is 1.74. The van der Waals surface area contributed by atoms with E-state index >= 15 is 0 Å². The van der Waals surface area contributed by atoms with Crippen LogP contribution in [0.2, 0.25) is 0 Å². The van der Waals surface area contributed by atoms with Gasteiger partial charge in [-0.3, -0.25) is 0 Å². The van der Waals surface area contributed by atoms with Gasteiger partial charge in [0.05, 0.1) is 5.38 Å². The van der Waals surface area contributed by atoms with Gasteiger partial charge in [0.25, 0.3) is 10.0 Å². The van der Waals surface area contributed by atoms with Crippen molar-refractivity contribution in [3.8, 4) is 0 Å². The number of sulfonamides is 1. The molecule has 19 heavy (non-hydrogen) atoms. The topological polar surface area (TPSA) is 95.8 Å². The van der Waals surface area contributed by atoms with Gasteiger partial charge in [-0.05, 0) is 18.2 Å². The number of aromatic nitrogens is 2. The Balaban J connectivity index is 2.34. The maximum atomic E-state index is 12.3. The van der Waals surface area contributed by atoms with Crippen molar-refractivity contribution in [1.29, 1.82) is 5.41 Å². The number of alkyl halides is 2. The Hall–Kier alpha value is -1.18. The largest absolute Gasteiger partial charge is 0.305 e. The van der Waals surface area contributed by atoms with E-state index < -0.39 is 19.6 Å². The van der Waals surface area contributed by atoms with Crippen LogP contribution in [0, 0.1) is 5.41 Å². The van der Waals surface area contributed by atoms with Crippen molar-refractivity contribution in [1.82, 2.24) is 9.97 Å². The molecular weight excluding hydrogens is 311 g/mol. The Morgan fingerprint density at radius 3 is 2.63 bits per heavy atom. The Kier molecular flexibility index (Phi) is 3.80. The summed E-state index contributed by atoms with van der Waals surface area (Å²) in [5, 5.41) is 6.50. The van der Waals surface area contributed by atoms with Gasteiger partial charge in [0.1, 0.15) is 0 Å². The van der Waals surface area contributed by atoms with E-state index in [2.05, 4.69) is 14.7 Å². The minimum absolute atomic E-state index is 0.0676. The second-order valence-electron chi connectivity index (χ2n) is 3.91. The quantitative estimate of drug-likeness (QED) is 0.829. The van der Waals surface area contributed by atoms with Gasteiger partial charge >= 0.3 is 0 Å². The molecule has 1 aromatic rings. The first-order chi connectivity index (χ1) is 8.85. The van der Waals surface area contributed by atoms with Gasteiger partial charge in [-0.25, -0.2) is 23.1 Å². The van der Waals surface area contributed by atoms with E-state index in [1.807, 2.05) is 0 Å². The van der Waals surface area contributed by atoms with Gasteiger partial charge in [-0.15, -0.1) is 11.6 Å². The van der Waals surface area contributed by atoms with Crippen LogP contribution in [0.4, 0.5) is 5.95 Å². The summed E-state index contributed by atoms with van der Waals surface area (Å²) in [7, 11) is -4.03. The van der Waals surface area contributed by atoms with Crippen LogP contribution in [0.3, 0.4) is 0 Å². The van der Waals surface area contributed by atoms with Crippen LogP contribution in [-0.2, 0) is 10.0 Å². The molecule has 2 atom stereocenters. The molecule has 1 aliphatic rings. The van der Waals surface area contributed by atoms with Gasteiger partial charge in [-0.1, -0.05) is 11.6 Å². The lowest BCUT2D eigenvalue weighted by atomic mass is 10.0. The number of allylic oxidation sites excluding steroid dienone is 1. The number of rotatable bonds is 3. The molecule has 0 amide bonds. The molecule has 0 radical (unpaired) electrons. The summed E-state index contributed by atoms with van der Waals surface area (Å²) in [5.74, 6) is -0.0829. The zero-order valence-electron chi connectivity index (χ0n) is 9.55. The summed E-state index contributed by atoms with van der Waals surface area (Å²) in [6, 6.07) is 1.56. The van der Waals surface area contributed by atoms with Crippen LogP contribution >= 0.6 is 23.2 Å². The van der Waals surface area contributed by atoms with Crippen molar-refractivity contribution in [3.63, 3.8) is 0 Å². The van der Waals surface area contributed by atoms with Crippen LogP contribution in [0.5, 0.6) is 0 Å². The fourth-order valence-corrected chi connectivity index (χ4v) is 3.54. The first-order valence-electron chi connectivity index (χ1n) is 5.24. The third-order valence-corrected chi connectivity index (χ3v) is 5.98. The summed E-state index contributed by atoms with van der Waals surface area (Å²) >= 11 is 12.1. The van der Waals surface area contributed by atoms with Crippen LogP contribution in [0.25, 0.3) is 0 Å². The van der Waals surface area contributed by atoms with Crippen molar-refractivity contribution in [2.24, 2.45) is 0 Å². The molecule has 2 N–H and O–H groups in total. The number of anilines is 1. The van der Waals surface area contributed by atoms with Crippen molar-refractivity contribution >= 4 is 44.9 Å². The second-order valence-corrected chi connectivity index (χ2v) is 7.17. The lowest BCUT2D eigenvalue weighted by molar-refractivity contribution is 0.582. The normalized spacial score (nSPS) is 27.3. The third-order valence-electron chi connectivity index (χ3n) is 2.54. The average Bonchev–Trinajstić information content (AvgIpc) is 2.35. The lowest BCUT2D eigenvalue weighted by Gasteiger charge is -2.30. The van der Waals surface area contributed by atoms with Gasteiger partial charge in [0, 0.05) is 24.5 Å². The average molecular weight is 321 g/mol. The fraction of sp³-hybridized carbons (Fsp3) is 0.300. The lowest BCUT2D eigenvalue weighted by Crippen LogP contribution is -2.46. The monoisotopic (exact) mass is 320 g/mol. The smallest absolute Gasteiger partial charge is 0.260 e. The van der Waals surface area contributed by atoms with Gasteiger partial charge in [0.2, 0.25) is 5.95 Å². The van der Waals surface area contributed by atoms with Crippen molar-refractivity contribution < 1.29 is 8.42 Å². The van der Waals surface area contributed by atoms with Crippen LogP contribution in [-0.4, -0.2) is 33.7 Å². The SMILES string of the molecule is N=C1C=CC(Cl)(S(=O)(=O)Nc2ncccn2)C(Cl)C1. The van der Waals surface area contributed by atoms with Crippen molar-refractivity contribution in [2.45, 2.75) is 16.0 Å². The number of halogens is 2. The Morgan fingerprint density at radius 1 is 1.42 bits per heavy atom. The molecule has 0 fully saturated rings. The van der Waals surface area contributed by atoms with Gasteiger partial charge in [-0.2, -0.15) is 0 Å². The maximum Gasteiger partial charge on any atom is 0.260 e. The third kappa shape index (κ3) is 2.72. The Bertz CT molecular complexity index is 620. The standard InChI is InChI=1S/C10H10Cl2N4O2S/c11-8-6-7(13)2-3-10(8,12)19(17,18)16-9-14-4-1-5-15-9/h1-5,8,13H,6H2,(H,14,15,16). The summed E-state index contributed by atoms with van der Waals surface area (Å²) in [6.07, 6.45) is 5.39.